The Morgan fingerprint density at radius 2 is 1.65 bits per heavy atom. The Morgan fingerprint density at radius 3 is 2.05 bits per heavy atom. The van der Waals surface area contributed by atoms with Crippen LogP contribution in [0.1, 0.15) is 5.56 Å². The molecule has 0 fully saturated rings. The van der Waals surface area contributed by atoms with Gasteiger partial charge in [-0.15, -0.1) is 0 Å². The molecular formula is C9H14N2O6S3. The number of sulfonamides is 2. The van der Waals surface area contributed by atoms with E-state index in [0.717, 1.165) is 12.3 Å². The standard InChI is InChI=1S/C9H14N2O6S3/c1-7-5-8(20(10,16)17)3-4-9(7)11-19(14,15)6-18(2,12)13/h3-5,11H,6H2,1-2H3,(H2,10,16,17). The predicted molar refractivity (Wildman–Crippen MR) is 74.8 cm³/mol. The average molecular weight is 342 g/mol. The van der Waals surface area contributed by atoms with Crippen molar-refractivity contribution in [1.29, 1.82) is 0 Å². The molecule has 1 aromatic carbocycles. The molecule has 0 atom stereocenters. The van der Waals surface area contributed by atoms with Crippen LogP contribution in [0.15, 0.2) is 23.1 Å². The number of rotatable bonds is 5. The van der Waals surface area contributed by atoms with E-state index in [2.05, 4.69) is 4.72 Å². The van der Waals surface area contributed by atoms with E-state index >= 15 is 0 Å². The summed E-state index contributed by atoms with van der Waals surface area (Å²) in [5.41, 5.74) is 0.384. The topological polar surface area (TPSA) is 140 Å². The van der Waals surface area contributed by atoms with Crippen molar-refractivity contribution < 1.29 is 25.3 Å². The van der Waals surface area contributed by atoms with Gasteiger partial charge >= 0.3 is 0 Å². The maximum absolute atomic E-state index is 11.6. The Labute approximate surface area is 118 Å². The van der Waals surface area contributed by atoms with Gasteiger partial charge in [0.1, 0.15) is 0 Å². The monoisotopic (exact) mass is 342 g/mol. The Morgan fingerprint density at radius 1 is 1.10 bits per heavy atom. The number of primary sulfonamides is 1. The Balaban J connectivity index is 3.13. The number of benzene rings is 1. The third-order valence-electron chi connectivity index (χ3n) is 2.16. The summed E-state index contributed by atoms with van der Waals surface area (Å²) in [7, 11) is -11.7. The summed E-state index contributed by atoms with van der Waals surface area (Å²) in [4.78, 5) is -0.166. The quantitative estimate of drug-likeness (QED) is 0.731. The zero-order chi connectivity index (χ0) is 15.8. The minimum atomic E-state index is -4.08. The zero-order valence-corrected chi connectivity index (χ0v) is 13.1. The number of hydrogen-bond donors (Lipinski definition) is 2. The summed E-state index contributed by atoms with van der Waals surface area (Å²) >= 11 is 0. The third kappa shape index (κ3) is 5.07. The second-order valence-corrected chi connectivity index (χ2v) is 10.1. The van der Waals surface area contributed by atoms with Crippen molar-refractivity contribution in [2.75, 3.05) is 16.1 Å². The number of aryl methyl sites for hydroxylation is 1. The molecule has 20 heavy (non-hydrogen) atoms. The fourth-order valence-electron chi connectivity index (χ4n) is 1.41. The van der Waals surface area contributed by atoms with Gasteiger partial charge in [-0.2, -0.15) is 0 Å². The second kappa shape index (κ2) is 5.31. The van der Waals surface area contributed by atoms with Gasteiger partial charge in [0.05, 0.1) is 10.6 Å². The molecule has 1 rings (SSSR count). The molecule has 0 radical (unpaired) electrons. The number of nitrogens with two attached hydrogens (primary N) is 1. The van der Waals surface area contributed by atoms with Gasteiger partial charge in [0, 0.05) is 6.26 Å². The number of sulfone groups is 1. The van der Waals surface area contributed by atoms with Gasteiger partial charge in [-0.3, -0.25) is 4.72 Å². The molecule has 1 aromatic rings. The molecule has 0 bridgehead atoms. The summed E-state index contributed by atoms with van der Waals surface area (Å²) in [6.07, 6.45) is 0.795. The van der Waals surface area contributed by atoms with E-state index < -0.39 is 35.0 Å². The van der Waals surface area contributed by atoms with Crippen LogP contribution >= 0.6 is 0 Å². The molecule has 0 aromatic heterocycles. The molecule has 0 saturated carbocycles. The molecule has 0 aliphatic rings. The minimum Gasteiger partial charge on any atom is -0.282 e. The SMILES string of the molecule is Cc1cc(S(N)(=O)=O)ccc1NS(=O)(=O)CS(C)(=O)=O. The van der Waals surface area contributed by atoms with Gasteiger partial charge in [-0.25, -0.2) is 30.4 Å². The largest absolute Gasteiger partial charge is 0.282 e. The Kier molecular flexibility index (Phi) is 4.49. The Hall–Kier alpha value is -1.17. The molecule has 8 nitrogen and oxygen atoms in total. The van der Waals surface area contributed by atoms with Crippen molar-refractivity contribution in [3.05, 3.63) is 23.8 Å². The maximum Gasteiger partial charge on any atom is 0.247 e. The van der Waals surface area contributed by atoms with Gasteiger partial charge in [0.15, 0.2) is 14.9 Å². The second-order valence-electron chi connectivity index (χ2n) is 4.28. The molecule has 0 aliphatic carbocycles. The van der Waals surface area contributed by atoms with E-state index in [9.17, 15) is 25.3 Å². The van der Waals surface area contributed by atoms with Crippen LogP contribution in [-0.4, -0.2) is 36.6 Å². The van der Waals surface area contributed by atoms with Gasteiger partial charge in [0.2, 0.25) is 20.0 Å². The zero-order valence-electron chi connectivity index (χ0n) is 10.7. The molecule has 0 saturated heterocycles. The van der Waals surface area contributed by atoms with E-state index in [-0.39, 0.29) is 10.6 Å². The van der Waals surface area contributed by atoms with Crippen molar-refractivity contribution >= 4 is 35.6 Å². The van der Waals surface area contributed by atoms with E-state index in [1.165, 1.54) is 19.1 Å². The molecule has 0 unspecified atom stereocenters. The first-order valence-electron chi connectivity index (χ1n) is 5.12. The van der Waals surface area contributed by atoms with E-state index in [1.54, 1.807) is 0 Å². The molecule has 3 N–H and O–H groups in total. The highest BCUT2D eigenvalue weighted by Gasteiger charge is 2.19. The van der Waals surface area contributed by atoms with Crippen LogP contribution < -0.4 is 9.86 Å². The van der Waals surface area contributed by atoms with Crippen LogP contribution in [0.4, 0.5) is 5.69 Å². The highest BCUT2D eigenvalue weighted by atomic mass is 32.3. The van der Waals surface area contributed by atoms with Crippen molar-refractivity contribution in [1.82, 2.24) is 0 Å². The lowest BCUT2D eigenvalue weighted by molar-refractivity contribution is 0.593. The average Bonchev–Trinajstić information content (AvgIpc) is 2.15. The highest BCUT2D eigenvalue weighted by Crippen LogP contribution is 2.20. The molecule has 11 heteroatoms. The lowest BCUT2D eigenvalue weighted by Gasteiger charge is -2.10. The highest BCUT2D eigenvalue weighted by molar-refractivity contribution is 8.08. The van der Waals surface area contributed by atoms with Gasteiger partial charge in [0.25, 0.3) is 0 Å². The lowest BCUT2D eigenvalue weighted by Crippen LogP contribution is -2.22. The molecule has 0 spiro atoms. The van der Waals surface area contributed by atoms with Crippen molar-refractivity contribution in [3.63, 3.8) is 0 Å². The lowest BCUT2D eigenvalue weighted by atomic mass is 10.2. The minimum absolute atomic E-state index is 0.0843. The van der Waals surface area contributed by atoms with Crippen LogP contribution in [0.25, 0.3) is 0 Å². The van der Waals surface area contributed by atoms with Crippen molar-refractivity contribution in [3.8, 4) is 0 Å². The molecule has 0 aliphatic heterocycles. The number of nitrogens with one attached hydrogen (secondary N) is 1. The molecular weight excluding hydrogens is 328 g/mol. The van der Waals surface area contributed by atoms with E-state index in [4.69, 9.17) is 5.14 Å². The molecule has 0 amide bonds. The number of hydrogen-bond acceptors (Lipinski definition) is 6. The molecule has 0 heterocycles. The Bertz CT molecular complexity index is 824. The van der Waals surface area contributed by atoms with Crippen LogP contribution in [0, 0.1) is 6.92 Å². The van der Waals surface area contributed by atoms with Crippen LogP contribution in [0.3, 0.4) is 0 Å². The van der Waals surface area contributed by atoms with Gasteiger partial charge < -0.3 is 0 Å². The first-order chi connectivity index (χ1) is 8.80. The first kappa shape index (κ1) is 16.9. The summed E-state index contributed by atoms with van der Waals surface area (Å²) in [5.74, 6) is 0. The van der Waals surface area contributed by atoms with E-state index in [1.807, 2.05) is 0 Å². The first-order valence-corrected chi connectivity index (χ1v) is 10.4. The van der Waals surface area contributed by atoms with Crippen molar-refractivity contribution in [2.45, 2.75) is 11.8 Å². The normalized spacial score (nSPS) is 13.2. The fraction of sp³-hybridized carbons (Fsp3) is 0.333. The van der Waals surface area contributed by atoms with E-state index in [0.29, 0.717) is 5.56 Å². The fourth-order valence-corrected chi connectivity index (χ4v) is 5.06. The van der Waals surface area contributed by atoms with Crippen LogP contribution in [-0.2, 0) is 29.9 Å². The number of anilines is 1. The summed E-state index contributed by atoms with van der Waals surface area (Å²) in [6, 6.07) is 3.52. The summed E-state index contributed by atoms with van der Waals surface area (Å²) in [5, 5.41) is 3.88. The van der Waals surface area contributed by atoms with Gasteiger partial charge in [-0.05, 0) is 30.7 Å². The molecule has 114 valence electrons. The maximum atomic E-state index is 11.6. The predicted octanol–water partition coefficient (Wildman–Crippen LogP) is -0.614. The van der Waals surface area contributed by atoms with Crippen molar-refractivity contribution in [2.24, 2.45) is 5.14 Å². The third-order valence-corrected chi connectivity index (χ3v) is 6.56. The summed E-state index contributed by atoms with van der Waals surface area (Å²) in [6.45, 7) is 1.47. The van der Waals surface area contributed by atoms with Crippen LogP contribution in [0.5, 0.6) is 0 Å². The van der Waals surface area contributed by atoms with Crippen LogP contribution in [0.2, 0.25) is 0 Å². The van der Waals surface area contributed by atoms with Gasteiger partial charge in [-0.1, -0.05) is 0 Å². The smallest absolute Gasteiger partial charge is 0.247 e. The summed E-state index contributed by atoms with van der Waals surface area (Å²) < 4.78 is 69.6.